The van der Waals surface area contributed by atoms with Gasteiger partial charge in [-0.2, -0.15) is 0 Å². The molecule has 0 bridgehead atoms. The first-order chi connectivity index (χ1) is 35.0. The number of hydrogen-bond donors (Lipinski definition) is 0. The Kier molecular flexibility index (Phi) is 57.2. The molecule has 71 heavy (non-hydrogen) atoms. The van der Waals surface area contributed by atoms with E-state index in [-0.39, 0.29) is 31.1 Å². The molecular formula is C65H116O6. The zero-order valence-electron chi connectivity index (χ0n) is 47.2. The number of carbonyl (C=O) groups excluding carboxylic acids is 3. The Morgan fingerprint density at radius 2 is 0.507 bits per heavy atom. The Morgan fingerprint density at radius 3 is 0.817 bits per heavy atom. The van der Waals surface area contributed by atoms with Crippen LogP contribution < -0.4 is 0 Å². The molecule has 0 saturated heterocycles. The predicted molar refractivity (Wildman–Crippen MR) is 307 cm³/mol. The van der Waals surface area contributed by atoms with E-state index in [1.165, 1.54) is 199 Å². The van der Waals surface area contributed by atoms with Crippen molar-refractivity contribution in [1.82, 2.24) is 0 Å². The second-order valence-corrected chi connectivity index (χ2v) is 20.6. The molecule has 0 rings (SSSR count). The second-order valence-electron chi connectivity index (χ2n) is 20.6. The first-order valence-electron chi connectivity index (χ1n) is 30.8. The lowest BCUT2D eigenvalue weighted by atomic mass is 10.1. The molecule has 0 aliphatic heterocycles. The maximum Gasteiger partial charge on any atom is 0.306 e. The fourth-order valence-corrected chi connectivity index (χ4v) is 8.79. The minimum Gasteiger partial charge on any atom is -0.462 e. The molecule has 0 heterocycles. The van der Waals surface area contributed by atoms with E-state index in [2.05, 4.69) is 81.5 Å². The number of esters is 3. The predicted octanol–water partition coefficient (Wildman–Crippen LogP) is 20.8. The summed E-state index contributed by atoms with van der Waals surface area (Å²) in [6, 6.07) is 0. The SMILES string of the molecule is CCCCC/C=C/C/C=C/CCCCCCCCCCCC(=O)OC[C@@H](COC(=O)CCCCCCCCC/C=C/CCCCCCCC)OC(=O)CCCCCCCCC/C=C/C/C=C/CCCCC. The topological polar surface area (TPSA) is 78.9 Å². The van der Waals surface area contributed by atoms with Gasteiger partial charge in [0.25, 0.3) is 0 Å². The fourth-order valence-electron chi connectivity index (χ4n) is 8.79. The van der Waals surface area contributed by atoms with Crippen LogP contribution in [-0.4, -0.2) is 37.2 Å². The van der Waals surface area contributed by atoms with Crippen molar-refractivity contribution < 1.29 is 28.6 Å². The van der Waals surface area contributed by atoms with Crippen LogP contribution in [0.5, 0.6) is 0 Å². The Balaban J connectivity index is 4.38. The molecule has 0 N–H and O–H groups in total. The summed E-state index contributed by atoms with van der Waals surface area (Å²) in [7, 11) is 0. The van der Waals surface area contributed by atoms with Gasteiger partial charge in [0.2, 0.25) is 0 Å². The molecule has 0 unspecified atom stereocenters. The highest BCUT2D eigenvalue weighted by Gasteiger charge is 2.19. The van der Waals surface area contributed by atoms with Gasteiger partial charge in [-0.05, 0) is 109 Å². The monoisotopic (exact) mass is 993 g/mol. The summed E-state index contributed by atoms with van der Waals surface area (Å²) in [5.74, 6) is -0.881. The molecule has 0 saturated carbocycles. The summed E-state index contributed by atoms with van der Waals surface area (Å²) in [6.45, 7) is 6.61. The van der Waals surface area contributed by atoms with E-state index in [0.29, 0.717) is 19.3 Å². The van der Waals surface area contributed by atoms with E-state index in [9.17, 15) is 14.4 Å². The number of hydrogen-bond acceptors (Lipinski definition) is 6. The van der Waals surface area contributed by atoms with Crippen molar-refractivity contribution in [1.29, 1.82) is 0 Å². The van der Waals surface area contributed by atoms with Gasteiger partial charge in [-0.1, -0.05) is 248 Å². The molecule has 6 heteroatoms. The van der Waals surface area contributed by atoms with E-state index in [0.717, 1.165) is 77.0 Å². The fraction of sp³-hybridized carbons (Fsp3) is 0.800. The third-order valence-corrected chi connectivity index (χ3v) is 13.5. The summed E-state index contributed by atoms with van der Waals surface area (Å²) in [5.41, 5.74) is 0. The normalized spacial score (nSPS) is 12.4. The van der Waals surface area contributed by atoms with Crippen LogP contribution in [0.25, 0.3) is 0 Å². The molecule has 0 aliphatic carbocycles. The van der Waals surface area contributed by atoms with E-state index < -0.39 is 6.10 Å². The maximum atomic E-state index is 12.9. The standard InChI is InChI=1S/C65H116O6/c1-4-7-10-13-16-19-22-25-28-31-32-35-37-40-43-46-49-52-55-58-64(67)70-61-62(71-65(68)59-56-53-50-47-44-41-38-34-30-27-24-21-18-15-12-9-6-3)60-69-63(66)57-54-51-48-45-42-39-36-33-29-26-23-20-17-14-11-8-5-2/h16,18-19,21,25-30,62H,4-15,17,20,22-24,31-61H2,1-3H3/b19-16+,21-18+,28-25+,29-26+,30-27+/t62-/m1/s1. The molecule has 0 aromatic heterocycles. The van der Waals surface area contributed by atoms with Gasteiger partial charge < -0.3 is 14.2 Å². The third-order valence-electron chi connectivity index (χ3n) is 13.5. The van der Waals surface area contributed by atoms with E-state index in [1.807, 2.05) is 0 Å². The molecule has 0 spiro atoms. The number of unbranched alkanes of at least 4 members (excludes halogenated alkanes) is 35. The van der Waals surface area contributed by atoms with Gasteiger partial charge in [0.1, 0.15) is 13.2 Å². The van der Waals surface area contributed by atoms with Gasteiger partial charge in [-0.25, -0.2) is 0 Å². The van der Waals surface area contributed by atoms with Crippen molar-refractivity contribution >= 4 is 17.9 Å². The van der Waals surface area contributed by atoms with Crippen molar-refractivity contribution in [2.45, 2.75) is 322 Å². The average molecular weight is 994 g/mol. The highest BCUT2D eigenvalue weighted by Crippen LogP contribution is 2.16. The molecule has 0 radical (unpaired) electrons. The minimum atomic E-state index is -0.782. The van der Waals surface area contributed by atoms with Crippen LogP contribution >= 0.6 is 0 Å². The Hall–Kier alpha value is -2.89. The van der Waals surface area contributed by atoms with Crippen LogP contribution in [0.1, 0.15) is 316 Å². The van der Waals surface area contributed by atoms with E-state index in [4.69, 9.17) is 14.2 Å². The van der Waals surface area contributed by atoms with Crippen molar-refractivity contribution in [2.24, 2.45) is 0 Å². The van der Waals surface area contributed by atoms with Crippen LogP contribution in [0.4, 0.5) is 0 Å². The molecule has 0 aliphatic rings. The van der Waals surface area contributed by atoms with Crippen molar-refractivity contribution in [3.63, 3.8) is 0 Å². The smallest absolute Gasteiger partial charge is 0.306 e. The molecular weight excluding hydrogens is 877 g/mol. The molecule has 0 aromatic rings. The van der Waals surface area contributed by atoms with E-state index >= 15 is 0 Å². The van der Waals surface area contributed by atoms with Crippen LogP contribution in [0.2, 0.25) is 0 Å². The Labute approximate surface area is 440 Å². The van der Waals surface area contributed by atoms with Gasteiger partial charge in [0.15, 0.2) is 6.10 Å². The van der Waals surface area contributed by atoms with Gasteiger partial charge in [0.05, 0.1) is 0 Å². The minimum absolute atomic E-state index is 0.0796. The summed E-state index contributed by atoms with van der Waals surface area (Å²) in [5, 5.41) is 0. The Bertz CT molecular complexity index is 1280. The molecule has 0 amide bonds. The van der Waals surface area contributed by atoms with Crippen molar-refractivity contribution in [3.05, 3.63) is 60.8 Å². The van der Waals surface area contributed by atoms with Crippen molar-refractivity contribution in [3.8, 4) is 0 Å². The lowest BCUT2D eigenvalue weighted by Crippen LogP contribution is -2.30. The van der Waals surface area contributed by atoms with Gasteiger partial charge in [-0.3, -0.25) is 14.4 Å². The molecule has 1 atom stereocenters. The number of ether oxygens (including phenoxy) is 3. The highest BCUT2D eigenvalue weighted by molar-refractivity contribution is 5.71. The van der Waals surface area contributed by atoms with Gasteiger partial charge in [0, 0.05) is 19.3 Å². The average Bonchev–Trinajstić information content (AvgIpc) is 3.37. The lowest BCUT2D eigenvalue weighted by molar-refractivity contribution is -0.167. The zero-order valence-corrected chi connectivity index (χ0v) is 47.2. The molecule has 0 aromatic carbocycles. The first kappa shape index (κ1) is 68.1. The summed E-state index contributed by atoms with van der Waals surface area (Å²) >= 11 is 0. The van der Waals surface area contributed by atoms with Crippen LogP contribution in [0.3, 0.4) is 0 Å². The second kappa shape index (κ2) is 59.7. The number of carbonyl (C=O) groups is 3. The molecule has 412 valence electrons. The summed E-state index contributed by atoms with van der Waals surface area (Å²) in [6.07, 6.45) is 74.9. The highest BCUT2D eigenvalue weighted by atomic mass is 16.6. The lowest BCUT2D eigenvalue weighted by Gasteiger charge is -2.18. The molecule has 6 nitrogen and oxygen atoms in total. The maximum absolute atomic E-state index is 12.9. The van der Waals surface area contributed by atoms with Crippen LogP contribution in [0, 0.1) is 0 Å². The molecule has 0 fully saturated rings. The van der Waals surface area contributed by atoms with Gasteiger partial charge in [-0.15, -0.1) is 0 Å². The summed E-state index contributed by atoms with van der Waals surface area (Å²) < 4.78 is 16.9. The van der Waals surface area contributed by atoms with E-state index in [1.54, 1.807) is 0 Å². The summed E-state index contributed by atoms with van der Waals surface area (Å²) in [4.78, 5) is 38.3. The number of rotatable bonds is 56. The number of allylic oxidation sites excluding steroid dienone is 10. The van der Waals surface area contributed by atoms with Crippen LogP contribution in [0.15, 0.2) is 60.8 Å². The Morgan fingerprint density at radius 1 is 0.282 bits per heavy atom. The zero-order chi connectivity index (χ0) is 51.4. The third kappa shape index (κ3) is 57.9. The van der Waals surface area contributed by atoms with Crippen molar-refractivity contribution in [2.75, 3.05) is 13.2 Å². The van der Waals surface area contributed by atoms with Crippen LogP contribution in [-0.2, 0) is 28.6 Å². The first-order valence-corrected chi connectivity index (χ1v) is 30.8. The largest absolute Gasteiger partial charge is 0.462 e. The quantitative estimate of drug-likeness (QED) is 0.0261. The van der Waals surface area contributed by atoms with Gasteiger partial charge >= 0.3 is 17.9 Å².